The number of halogens is 1. The van der Waals surface area contributed by atoms with E-state index in [1.165, 1.54) is 16.0 Å². The first-order valence-electron chi connectivity index (χ1n) is 10.2. The quantitative estimate of drug-likeness (QED) is 0.256. The summed E-state index contributed by atoms with van der Waals surface area (Å²) in [5.41, 5.74) is 2.23. The summed E-state index contributed by atoms with van der Waals surface area (Å²) in [6.45, 7) is 5.99. The van der Waals surface area contributed by atoms with E-state index in [0.29, 0.717) is 12.5 Å². The number of aliphatic imine (C=N–C) groups is 1. The summed E-state index contributed by atoms with van der Waals surface area (Å²) in [6.07, 6.45) is 3.14. The van der Waals surface area contributed by atoms with Gasteiger partial charge in [-0.3, -0.25) is 9.59 Å². The number of benzene rings is 1. The van der Waals surface area contributed by atoms with Crippen molar-refractivity contribution >= 4 is 41.8 Å². The largest absolute Gasteiger partial charge is 0.460 e. The second-order valence-electron chi connectivity index (χ2n) is 8.57. The van der Waals surface area contributed by atoms with Gasteiger partial charge in [0.2, 0.25) is 5.91 Å². The van der Waals surface area contributed by atoms with Gasteiger partial charge in [-0.2, -0.15) is 0 Å². The van der Waals surface area contributed by atoms with Gasteiger partial charge in [-0.25, -0.2) is 4.99 Å². The highest BCUT2D eigenvalue weighted by atomic mass is 127. The van der Waals surface area contributed by atoms with E-state index in [9.17, 15) is 9.59 Å². The number of carbonyl (C=O) groups is 2. The van der Waals surface area contributed by atoms with Crippen LogP contribution in [-0.4, -0.2) is 61.6 Å². The van der Waals surface area contributed by atoms with Crippen molar-refractivity contribution in [1.29, 1.82) is 0 Å². The molecular formula is C22H35IN4O3. The number of nitrogens with zero attached hydrogens (tertiary/aromatic N) is 2. The Hall–Kier alpha value is -1.84. The number of likely N-dealkylation sites (N-methyl/N-ethyl adjacent to an activating group) is 1. The monoisotopic (exact) mass is 530 g/mol. The van der Waals surface area contributed by atoms with Crippen LogP contribution < -0.4 is 10.6 Å². The molecule has 0 saturated carbocycles. The van der Waals surface area contributed by atoms with E-state index in [2.05, 4.69) is 39.9 Å². The average molecular weight is 530 g/mol. The second kappa shape index (κ2) is 12.1. The topological polar surface area (TPSA) is 83.0 Å². The Balaban J connectivity index is 0.00000450. The standard InChI is InChI=1S/C22H34N4O3.HI/c1-22(2,3)29-20(28)12-13-23-21(24-15-19(27)26(4)5)25-18-11-10-16-8-6-7-9-17(16)14-18;/h6-9,18H,10-15H2,1-5H3,(H2,23,24,25);1H. The van der Waals surface area contributed by atoms with Gasteiger partial charge in [0, 0.05) is 26.7 Å². The molecule has 1 amide bonds. The van der Waals surface area contributed by atoms with E-state index in [1.54, 1.807) is 14.1 Å². The number of carbonyl (C=O) groups excluding carboxylic acids is 2. The average Bonchev–Trinajstić information content (AvgIpc) is 2.64. The fourth-order valence-corrected chi connectivity index (χ4v) is 3.13. The maximum absolute atomic E-state index is 11.9. The molecule has 0 bridgehead atoms. The lowest BCUT2D eigenvalue weighted by atomic mass is 9.88. The maximum atomic E-state index is 11.9. The van der Waals surface area contributed by atoms with Gasteiger partial charge < -0.3 is 20.3 Å². The minimum atomic E-state index is -0.500. The van der Waals surface area contributed by atoms with Crippen molar-refractivity contribution in [3.8, 4) is 0 Å². The molecule has 0 aliphatic heterocycles. The molecule has 168 valence electrons. The van der Waals surface area contributed by atoms with Crippen LogP contribution in [0.1, 0.15) is 44.7 Å². The molecule has 0 aromatic heterocycles. The zero-order valence-corrected chi connectivity index (χ0v) is 21.0. The van der Waals surface area contributed by atoms with Gasteiger partial charge in [-0.05, 0) is 51.2 Å². The van der Waals surface area contributed by atoms with Crippen LogP contribution in [0.25, 0.3) is 0 Å². The number of ether oxygens (including phenoxy) is 1. The van der Waals surface area contributed by atoms with Crippen molar-refractivity contribution in [2.75, 3.05) is 27.2 Å². The zero-order valence-electron chi connectivity index (χ0n) is 18.7. The molecule has 2 rings (SSSR count). The van der Waals surface area contributed by atoms with Crippen LogP contribution in [0.4, 0.5) is 0 Å². The first-order chi connectivity index (χ1) is 13.6. The summed E-state index contributed by atoms with van der Waals surface area (Å²) in [6, 6.07) is 8.70. The molecule has 0 heterocycles. The van der Waals surface area contributed by atoms with Crippen LogP contribution in [0.15, 0.2) is 29.3 Å². The first kappa shape index (κ1) is 26.2. The van der Waals surface area contributed by atoms with Crippen molar-refractivity contribution < 1.29 is 14.3 Å². The van der Waals surface area contributed by atoms with Gasteiger partial charge in [-0.1, -0.05) is 24.3 Å². The molecule has 1 aliphatic carbocycles. The van der Waals surface area contributed by atoms with Crippen LogP contribution >= 0.6 is 24.0 Å². The Kier molecular flexibility index (Phi) is 10.6. The molecule has 1 atom stereocenters. The number of esters is 1. The van der Waals surface area contributed by atoms with E-state index < -0.39 is 5.60 Å². The number of hydrogen-bond donors (Lipinski definition) is 2. The molecule has 1 unspecified atom stereocenters. The molecule has 0 spiro atoms. The molecular weight excluding hydrogens is 495 g/mol. The van der Waals surface area contributed by atoms with E-state index in [-0.39, 0.29) is 54.9 Å². The van der Waals surface area contributed by atoms with Gasteiger partial charge in [0.25, 0.3) is 0 Å². The summed E-state index contributed by atoms with van der Waals surface area (Å²) < 4.78 is 5.34. The molecule has 1 aliphatic rings. The first-order valence-corrected chi connectivity index (χ1v) is 10.2. The molecule has 8 heteroatoms. The van der Waals surface area contributed by atoms with Crippen molar-refractivity contribution in [3.05, 3.63) is 35.4 Å². The smallest absolute Gasteiger partial charge is 0.308 e. The van der Waals surface area contributed by atoms with Gasteiger partial charge in [0.1, 0.15) is 12.1 Å². The Bertz CT molecular complexity index is 744. The third-order valence-corrected chi connectivity index (χ3v) is 4.60. The van der Waals surface area contributed by atoms with Crippen LogP contribution in [0.5, 0.6) is 0 Å². The van der Waals surface area contributed by atoms with Gasteiger partial charge in [0.15, 0.2) is 5.96 Å². The summed E-state index contributed by atoms with van der Waals surface area (Å²) in [5.74, 6) is 0.209. The molecule has 7 nitrogen and oxygen atoms in total. The predicted octanol–water partition coefficient (Wildman–Crippen LogP) is 2.52. The third kappa shape index (κ3) is 9.32. The number of amides is 1. The summed E-state index contributed by atoms with van der Waals surface area (Å²) in [5, 5.41) is 6.60. The van der Waals surface area contributed by atoms with Gasteiger partial charge in [0.05, 0.1) is 6.42 Å². The predicted molar refractivity (Wildman–Crippen MR) is 130 cm³/mol. The maximum Gasteiger partial charge on any atom is 0.308 e. The van der Waals surface area contributed by atoms with Crippen molar-refractivity contribution in [1.82, 2.24) is 15.5 Å². The number of rotatable bonds is 6. The minimum Gasteiger partial charge on any atom is -0.460 e. The fraction of sp³-hybridized carbons (Fsp3) is 0.591. The molecule has 0 fully saturated rings. The second-order valence-corrected chi connectivity index (χ2v) is 8.57. The number of guanidine groups is 1. The van der Waals surface area contributed by atoms with Crippen molar-refractivity contribution in [3.63, 3.8) is 0 Å². The van der Waals surface area contributed by atoms with Crippen molar-refractivity contribution in [2.45, 2.75) is 58.1 Å². The van der Waals surface area contributed by atoms with Crippen LogP contribution in [0.2, 0.25) is 0 Å². The summed E-state index contributed by atoms with van der Waals surface area (Å²) >= 11 is 0. The normalized spacial score (nSPS) is 16.0. The van der Waals surface area contributed by atoms with E-state index in [0.717, 1.165) is 19.3 Å². The van der Waals surface area contributed by atoms with Crippen LogP contribution in [0.3, 0.4) is 0 Å². The Morgan fingerprint density at radius 3 is 2.50 bits per heavy atom. The molecule has 1 aromatic rings. The molecule has 0 radical (unpaired) electrons. The number of nitrogens with one attached hydrogen (secondary N) is 2. The Labute approximate surface area is 197 Å². The van der Waals surface area contributed by atoms with Gasteiger partial charge >= 0.3 is 5.97 Å². The molecule has 30 heavy (non-hydrogen) atoms. The number of aryl methyl sites for hydroxylation is 1. The summed E-state index contributed by atoms with van der Waals surface area (Å²) in [4.78, 5) is 29.8. The lowest BCUT2D eigenvalue weighted by Gasteiger charge is -2.27. The van der Waals surface area contributed by atoms with Gasteiger partial charge in [-0.15, -0.1) is 24.0 Å². The van der Waals surface area contributed by atoms with E-state index in [4.69, 9.17) is 4.74 Å². The lowest BCUT2D eigenvalue weighted by molar-refractivity contribution is -0.154. The van der Waals surface area contributed by atoms with Crippen LogP contribution in [0, 0.1) is 0 Å². The molecule has 2 N–H and O–H groups in total. The highest BCUT2D eigenvalue weighted by molar-refractivity contribution is 14.0. The lowest BCUT2D eigenvalue weighted by Crippen LogP contribution is -2.46. The highest BCUT2D eigenvalue weighted by Gasteiger charge is 2.20. The van der Waals surface area contributed by atoms with E-state index in [1.807, 2.05) is 20.8 Å². The zero-order chi connectivity index (χ0) is 21.4. The SMILES string of the molecule is CN(C)C(=O)CN=C(NCCC(=O)OC(C)(C)C)NC1CCc2ccccc2C1.I. The number of fused-ring (bicyclic) bond motifs is 1. The number of hydrogen-bond acceptors (Lipinski definition) is 4. The van der Waals surface area contributed by atoms with Crippen LogP contribution in [-0.2, 0) is 27.2 Å². The Morgan fingerprint density at radius 2 is 1.87 bits per heavy atom. The van der Waals surface area contributed by atoms with Crippen molar-refractivity contribution in [2.24, 2.45) is 4.99 Å². The molecule has 0 saturated heterocycles. The third-order valence-electron chi connectivity index (χ3n) is 4.60. The fourth-order valence-electron chi connectivity index (χ4n) is 3.13. The minimum absolute atomic E-state index is 0. The Morgan fingerprint density at radius 1 is 1.20 bits per heavy atom. The summed E-state index contributed by atoms with van der Waals surface area (Å²) in [7, 11) is 3.41. The van der Waals surface area contributed by atoms with E-state index >= 15 is 0 Å². The highest BCUT2D eigenvalue weighted by Crippen LogP contribution is 2.20. The molecule has 1 aromatic carbocycles.